The number of fused-ring (bicyclic) bond motifs is 3. The van der Waals surface area contributed by atoms with Gasteiger partial charge in [-0.25, -0.2) is 0 Å². The second-order valence-corrected chi connectivity index (χ2v) is 9.30. The number of hydrogen-bond acceptors (Lipinski definition) is 10. The number of ketones is 2. The van der Waals surface area contributed by atoms with Gasteiger partial charge in [0.15, 0.2) is 11.4 Å². The SMILES string of the molecule is NC(=O)C1=C(O)C2(O)C(=O)C3=C(O)c4c(O)cccc4/C(=C\c4cccc([N+](=O)[O-])c4)C3C(O)C2CC1=O. The Kier molecular flexibility index (Phi) is 5.47. The van der Waals surface area contributed by atoms with Crippen molar-refractivity contribution in [3.63, 3.8) is 0 Å². The summed E-state index contributed by atoms with van der Waals surface area (Å²) < 4.78 is 0. The van der Waals surface area contributed by atoms with Crippen LogP contribution in [-0.4, -0.2) is 59.6 Å². The van der Waals surface area contributed by atoms with Crippen molar-refractivity contribution < 1.29 is 44.8 Å². The average molecular weight is 520 g/mol. The van der Waals surface area contributed by atoms with Crippen molar-refractivity contribution in [1.82, 2.24) is 0 Å². The number of non-ortho nitro benzene ring substituents is 1. The number of phenols is 1. The molecule has 3 aliphatic carbocycles. The zero-order chi connectivity index (χ0) is 27.7. The number of nitrogens with two attached hydrogens (primary N) is 1. The molecule has 0 heterocycles. The van der Waals surface area contributed by atoms with Gasteiger partial charge in [0.1, 0.15) is 22.8 Å². The first-order valence-electron chi connectivity index (χ1n) is 11.3. The van der Waals surface area contributed by atoms with Gasteiger partial charge in [-0.2, -0.15) is 0 Å². The minimum absolute atomic E-state index is 0.142. The van der Waals surface area contributed by atoms with Crippen LogP contribution in [0.3, 0.4) is 0 Å². The minimum Gasteiger partial charge on any atom is -0.508 e. The highest BCUT2D eigenvalue weighted by molar-refractivity contribution is 6.23. The van der Waals surface area contributed by atoms with Crippen molar-refractivity contribution >= 4 is 40.6 Å². The monoisotopic (exact) mass is 520 g/mol. The molecular weight excluding hydrogens is 500 g/mol. The quantitative estimate of drug-likeness (QED) is 0.193. The van der Waals surface area contributed by atoms with Crippen molar-refractivity contribution in [1.29, 1.82) is 0 Å². The third-order valence-electron chi connectivity index (χ3n) is 7.30. The molecule has 4 unspecified atom stereocenters. The maximum atomic E-state index is 13.8. The molecule has 5 rings (SSSR count). The van der Waals surface area contributed by atoms with Crippen LogP contribution in [-0.2, 0) is 14.4 Å². The van der Waals surface area contributed by atoms with Gasteiger partial charge in [0.25, 0.3) is 11.6 Å². The number of rotatable bonds is 3. The van der Waals surface area contributed by atoms with Crippen molar-refractivity contribution in [3.05, 3.63) is 86.2 Å². The smallest absolute Gasteiger partial charge is 0.270 e. The Morgan fingerprint density at radius 2 is 1.82 bits per heavy atom. The van der Waals surface area contributed by atoms with E-state index < -0.39 is 80.8 Å². The lowest BCUT2D eigenvalue weighted by Crippen LogP contribution is -2.63. The van der Waals surface area contributed by atoms with Gasteiger partial charge in [-0.3, -0.25) is 24.5 Å². The third-order valence-corrected chi connectivity index (χ3v) is 7.30. The largest absolute Gasteiger partial charge is 0.508 e. The Hall–Kier alpha value is -4.81. The van der Waals surface area contributed by atoms with Crippen LogP contribution in [0.4, 0.5) is 5.69 Å². The first-order valence-corrected chi connectivity index (χ1v) is 11.3. The second-order valence-electron chi connectivity index (χ2n) is 9.30. The Bertz CT molecular complexity index is 1570. The lowest BCUT2D eigenvalue weighted by molar-refractivity contribution is -0.384. The average Bonchev–Trinajstić information content (AvgIpc) is 2.86. The van der Waals surface area contributed by atoms with Gasteiger partial charge in [-0.1, -0.05) is 30.3 Å². The van der Waals surface area contributed by atoms with Crippen molar-refractivity contribution in [2.45, 2.75) is 18.1 Å². The molecule has 2 aromatic carbocycles. The molecule has 0 saturated heterocycles. The fourth-order valence-corrected chi connectivity index (χ4v) is 5.60. The molecule has 1 fully saturated rings. The molecule has 12 nitrogen and oxygen atoms in total. The van der Waals surface area contributed by atoms with E-state index in [-0.39, 0.29) is 28.0 Å². The highest BCUT2D eigenvalue weighted by Crippen LogP contribution is 2.55. The van der Waals surface area contributed by atoms with Gasteiger partial charge in [0.2, 0.25) is 5.78 Å². The fourth-order valence-electron chi connectivity index (χ4n) is 5.60. The first-order chi connectivity index (χ1) is 17.9. The van der Waals surface area contributed by atoms with Crippen LogP contribution in [0.25, 0.3) is 17.4 Å². The molecule has 4 atom stereocenters. The number of aromatic hydroxyl groups is 1. The summed E-state index contributed by atoms with van der Waals surface area (Å²) in [6.07, 6.45) is -1.10. The minimum atomic E-state index is -2.98. The number of nitrogens with zero attached hydrogens (tertiary/aromatic N) is 1. The highest BCUT2D eigenvalue weighted by Gasteiger charge is 2.64. The third kappa shape index (κ3) is 3.27. The van der Waals surface area contributed by atoms with Gasteiger partial charge in [0, 0.05) is 30.4 Å². The van der Waals surface area contributed by atoms with Crippen molar-refractivity contribution in [2.24, 2.45) is 17.6 Å². The lowest BCUT2D eigenvalue weighted by Gasteiger charge is -2.49. The molecule has 12 heteroatoms. The molecule has 3 aliphatic rings. The van der Waals surface area contributed by atoms with Crippen LogP contribution in [0, 0.1) is 22.0 Å². The van der Waals surface area contributed by atoms with Gasteiger partial charge in [0.05, 0.1) is 22.2 Å². The Balaban J connectivity index is 1.81. The summed E-state index contributed by atoms with van der Waals surface area (Å²) in [5, 5.41) is 66.6. The highest BCUT2D eigenvalue weighted by atomic mass is 16.6. The summed E-state index contributed by atoms with van der Waals surface area (Å²) in [6, 6.07) is 9.59. The fraction of sp³-hybridized carbons (Fsp3) is 0.192. The molecular formula is C26H20N2O10. The van der Waals surface area contributed by atoms with E-state index >= 15 is 0 Å². The predicted molar refractivity (Wildman–Crippen MR) is 130 cm³/mol. The number of phenolic OH excluding ortho intramolecular Hbond substituents is 1. The van der Waals surface area contributed by atoms with E-state index in [1.807, 2.05) is 0 Å². The van der Waals surface area contributed by atoms with Gasteiger partial charge >= 0.3 is 0 Å². The Morgan fingerprint density at radius 3 is 2.47 bits per heavy atom. The topological polar surface area (TPSA) is 222 Å². The lowest BCUT2D eigenvalue weighted by atomic mass is 9.56. The maximum Gasteiger partial charge on any atom is 0.270 e. The first kappa shape index (κ1) is 24.9. The molecule has 0 aliphatic heterocycles. The molecule has 194 valence electrons. The summed E-state index contributed by atoms with van der Waals surface area (Å²) in [4.78, 5) is 48.9. The Labute approximate surface area is 213 Å². The number of nitro groups is 1. The summed E-state index contributed by atoms with van der Waals surface area (Å²) in [5.74, 6) is -9.30. The van der Waals surface area contributed by atoms with Crippen molar-refractivity contribution in [3.8, 4) is 5.75 Å². The van der Waals surface area contributed by atoms with E-state index in [0.29, 0.717) is 0 Å². The number of carbonyl (C=O) groups excluding carboxylic acids is 3. The normalized spacial score (nSPS) is 27.6. The number of carbonyl (C=O) groups is 3. The molecule has 0 radical (unpaired) electrons. The summed E-state index contributed by atoms with van der Waals surface area (Å²) >= 11 is 0. The Morgan fingerprint density at radius 1 is 1.13 bits per heavy atom. The van der Waals surface area contributed by atoms with Crippen LogP contribution >= 0.6 is 0 Å². The van der Waals surface area contributed by atoms with E-state index in [2.05, 4.69) is 0 Å². The van der Waals surface area contributed by atoms with Crippen LogP contribution in [0.2, 0.25) is 0 Å². The standard InChI is InChI=1S/C26H20N2O10/c27-25(35)19-16(30)9-14-21(31)18-13(8-10-3-1-4-11(7-10)28(37)38)12-5-2-6-15(29)17(12)22(32)20(18)24(34)26(14,36)23(19)33/h1-8,14,18,21,29,31-33,36H,9H2,(H2,27,35)/b13-8+. The van der Waals surface area contributed by atoms with E-state index in [1.54, 1.807) is 0 Å². The number of Topliss-reactive ketones (excluding diaryl/α,β-unsaturated/α-hetero) is 2. The van der Waals surface area contributed by atoms with Crippen LogP contribution < -0.4 is 5.73 Å². The van der Waals surface area contributed by atoms with Crippen LogP contribution in [0.1, 0.15) is 23.1 Å². The van der Waals surface area contributed by atoms with E-state index in [9.17, 15) is 50.0 Å². The van der Waals surface area contributed by atoms with Crippen LogP contribution in [0.15, 0.2) is 59.4 Å². The summed E-state index contributed by atoms with van der Waals surface area (Å²) in [5.41, 5.74) is 0.760. The number of aliphatic hydroxyl groups excluding tert-OH is 3. The molecule has 38 heavy (non-hydrogen) atoms. The summed E-state index contributed by atoms with van der Waals surface area (Å²) in [7, 11) is 0. The number of nitro benzene ring substituents is 1. The van der Waals surface area contributed by atoms with E-state index in [1.165, 1.54) is 48.5 Å². The molecule has 7 N–H and O–H groups in total. The number of primary amides is 1. The zero-order valence-corrected chi connectivity index (χ0v) is 19.4. The molecule has 0 aromatic heterocycles. The van der Waals surface area contributed by atoms with Gasteiger partial charge in [-0.05, 0) is 22.8 Å². The molecule has 1 saturated carbocycles. The molecule has 0 spiro atoms. The van der Waals surface area contributed by atoms with Gasteiger partial charge in [-0.15, -0.1) is 0 Å². The summed E-state index contributed by atoms with van der Waals surface area (Å²) in [6.45, 7) is 0. The number of aliphatic hydroxyl groups is 4. The van der Waals surface area contributed by atoms with Gasteiger partial charge < -0.3 is 31.3 Å². The predicted octanol–water partition coefficient (Wildman–Crippen LogP) is 1.30. The van der Waals surface area contributed by atoms with E-state index in [4.69, 9.17) is 5.73 Å². The number of benzene rings is 2. The molecule has 0 bridgehead atoms. The molecule has 1 amide bonds. The zero-order valence-electron chi connectivity index (χ0n) is 19.4. The van der Waals surface area contributed by atoms with Crippen molar-refractivity contribution in [2.75, 3.05) is 0 Å². The maximum absolute atomic E-state index is 13.8. The molecule has 2 aromatic rings. The second kappa shape index (κ2) is 8.36. The van der Waals surface area contributed by atoms with E-state index in [0.717, 1.165) is 0 Å². The number of amides is 1. The number of hydrogen-bond donors (Lipinski definition) is 6. The van der Waals surface area contributed by atoms with Crippen LogP contribution in [0.5, 0.6) is 5.75 Å².